The summed E-state index contributed by atoms with van der Waals surface area (Å²) in [5, 5.41) is 8.72. The minimum absolute atomic E-state index is 0.720. The second-order valence-electron chi connectivity index (χ2n) is 5.26. The molecule has 1 nitrogen and oxygen atoms in total. The summed E-state index contributed by atoms with van der Waals surface area (Å²) in [7, 11) is 0. The van der Waals surface area contributed by atoms with E-state index in [1.165, 1.54) is 57.8 Å². The molecular formula is C19H31N. The molecule has 0 aliphatic heterocycles. The van der Waals surface area contributed by atoms with Gasteiger partial charge in [0.05, 0.1) is 6.07 Å². The molecule has 1 heteroatoms. The van der Waals surface area contributed by atoms with Crippen LogP contribution in [0.1, 0.15) is 78.1 Å². The maximum atomic E-state index is 8.72. The zero-order valence-electron chi connectivity index (χ0n) is 13.4. The lowest BCUT2D eigenvalue weighted by molar-refractivity contribution is 0.566. The number of nitriles is 1. The van der Waals surface area contributed by atoms with Gasteiger partial charge in [-0.3, -0.25) is 0 Å². The molecule has 0 heterocycles. The van der Waals surface area contributed by atoms with E-state index in [0.717, 1.165) is 12.0 Å². The fraction of sp³-hybridized carbons (Fsp3) is 0.632. The van der Waals surface area contributed by atoms with Crippen LogP contribution >= 0.6 is 0 Å². The Hall–Kier alpha value is -1.29. The van der Waals surface area contributed by atoms with Gasteiger partial charge in [-0.2, -0.15) is 5.26 Å². The molecule has 112 valence electrons. The van der Waals surface area contributed by atoms with E-state index in [4.69, 9.17) is 5.26 Å². The molecular weight excluding hydrogens is 242 g/mol. The Balaban J connectivity index is 3.34. The maximum Gasteiger partial charge on any atom is 0.0988 e. The monoisotopic (exact) mass is 273 g/mol. The van der Waals surface area contributed by atoms with Crippen molar-refractivity contribution in [3.05, 3.63) is 36.0 Å². The lowest BCUT2D eigenvalue weighted by Crippen LogP contribution is -1.80. The van der Waals surface area contributed by atoms with E-state index < -0.39 is 0 Å². The molecule has 0 fully saturated rings. The van der Waals surface area contributed by atoms with Gasteiger partial charge in [-0.1, -0.05) is 82.6 Å². The molecule has 0 spiro atoms. The molecule has 0 unspecified atom stereocenters. The number of hydrogen-bond acceptors (Lipinski definition) is 1. The number of rotatable bonds is 12. The second kappa shape index (κ2) is 15.8. The molecule has 0 aromatic carbocycles. The van der Waals surface area contributed by atoms with Crippen molar-refractivity contribution in [1.82, 2.24) is 0 Å². The van der Waals surface area contributed by atoms with Crippen LogP contribution < -0.4 is 0 Å². The minimum Gasteiger partial charge on any atom is -0.192 e. The highest BCUT2D eigenvalue weighted by Gasteiger charge is 1.91. The van der Waals surface area contributed by atoms with Crippen molar-refractivity contribution in [2.75, 3.05) is 0 Å². The SMILES string of the molecule is CC=C(C#N)C=CC=CCCCCCCCCCCC. The van der Waals surface area contributed by atoms with Gasteiger partial charge in [0.2, 0.25) is 0 Å². The van der Waals surface area contributed by atoms with Gasteiger partial charge in [-0.25, -0.2) is 0 Å². The average Bonchev–Trinajstić information content (AvgIpc) is 2.48. The Labute approximate surface area is 126 Å². The van der Waals surface area contributed by atoms with E-state index in [-0.39, 0.29) is 0 Å². The quantitative estimate of drug-likeness (QED) is 0.226. The third-order valence-corrected chi connectivity index (χ3v) is 3.44. The van der Waals surface area contributed by atoms with Gasteiger partial charge in [0.25, 0.3) is 0 Å². The zero-order valence-corrected chi connectivity index (χ0v) is 13.4. The lowest BCUT2D eigenvalue weighted by Gasteiger charge is -2.00. The fourth-order valence-corrected chi connectivity index (χ4v) is 2.10. The van der Waals surface area contributed by atoms with Crippen molar-refractivity contribution in [2.24, 2.45) is 0 Å². The molecule has 0 saturated carbocycles. The van der Waals surface area contributed by atoms with Gasteiger partial charge in [-0.05, 0) is 25.8 Å². The van der Waals surface area contributed by atoms with Crippen LogP contribution in [0.3, 0.4) is 0 Å². The third-order valence-electron chi connectivity index (χ3n) is 3.44. The number of hydrogen-bond donors (Lipinski definition) is 0. The van der Waals surface area contributed by atoms with Crippen molar-refractivity contribution in [1.29, 1.82) is 5.26 Å². The largest absolute Gasteiger partial charge is 0.192 e. The number of nitrogens with zero attached hydrogens (tertiary/aromatic N) is 1. The van der Waals surface area contributed by atoms with E-state index in [0.29, 0.717) is 0 Å². The van der Waals surface area contributed by atoms with Crippen molar-refractivity contribution < 1.29 is 0 Å². The Bertz CT molecular complexity index is 328. The highest BCUT2D eigenvalue weighted by atomic mass is 14.2. The number of allylic oxidation sites excluding steroid dienone is 6. The van der Waals surface area contributed by atoms with Gasteiger partial charge in [0, 0.05) is 5.57 Å². The Morgan fingerprint density at radius 2 is 1.50 bits per heavy atom. The predicted molar refractivity (Wildman–Crippen MR) is 89.5 cm³/mol. The molecule has 0 amide bonds. The first kappa shape index (κ1) is 18.7. The summed E-state index contributed by atoms with van der Waals surface area (Å²) in [6.45, 7) is 4.15. The smallest absolute Gasteiger partial charge is 0.0988 e. The van der Waals surface area contributed by atoms with Gasteiger partial charge in [0.1, 0.15) is 0 Å². The van der Waals surface area contributed by atoms with Crippen LogP contribution in [-0.2, 0) is 0 Å². The topological polar surface area (TPSA) is 23.8 Å². The minimum atomic E-state index is 0.720. The lowest BCUT2D eigenvalue weighted by atomic mass is 10.1. The van der Waals surface area contributed by atoms with Crippen LogP contribution in [0, 0.1) is 11.3 Å². The third kappa shape index (κ3) is 13.1. The van der Waals surface area contributed by atoms with E-state index in [2.05, 4.69) is 19.1 Å². The van der Waals surface area contributed by atoms with Crippen molar-refractivity contribution in [3.63, 3.8) is 0 Å². The predicted octanol–water partition coefficient (Wildman–Crippen LogP) is 6.49. The van der Waals surface area contributed by atoms with Crippen LogP contribution in [0.25, 0.3) is 0 Å². The molecule has 20 heavy (non-hydrogen) atoms. The highest BCUT2D eigenvalue weighted by Crippen LogP contribution is 2.10. The van der Waals surface area contributed by atoms with Gasteiger partial charge >= 0.3 is 0 Å². The fourth-order valence-electron chi connectivity index (χ4n) is 2.10. The van der Waals surface area contributed by atoms with Crippen molar-refractivity contribution in [3.8, 4) is 6.07 Å². The molecule has 0 aliphatic rings. The Morgan fingerprint density at radius 3 is 2.05 bits per heavy atom. The van der Waals surface area contributed by atoms with Crippen LogP contribution in [0.5, 0.6) is 0 Å². The van der Waals surface area contributed by atoms with Crippen LogP contribution in [-0.4, -0.2) is 0 Å². The molecule has 0 atom stereocenters. The van der Waals surface area contributed by atoms with Crippen molar-refractivity contribution in [2.45, 2.75) is 78.1 Å². The van der Waals surface area contributed by atoms with Crippen LogP contribution in [0.4, 0.5) is 0 Å². The Kier molecular flexibility index (Phi) is 14.7. The summed E-state index contributed by atoms with van der Waals surface area (Å²) >= 11 is 0. The molecule has 0 aromatic rings. The second-order valence-corrected chi connectivity index (χ2v) is 5.26. The van der Waals surface area contributed by atoms with Gasteiger partial charge < -0.3 is 0 Å². The summed E-state index contributed by atoms with van der Waals surface area (Å²) < 4.78 is 0. The molecule has 0 rings (SSSR count). The summed E-state index contributed by atoms with van der Waals surface area (Å²) in [4.78, 5) is 0. The van der Waals surface area contributed by atoms with E-state index in [9.17, 15) is 0 Å². The van der Waals surface area contributed by atoms with Crippen LogP contribution in [0.15, 0.2) is 36.0 Å². The maximum absolute atomic E-state index is 8.72. The first-order chi connectivity index (χ1) is 9.85. The summed E-state index contributed by atoms with van der Waals surface area (Å²) in [5.41, 5.74) is 0.720. The van der Waals surface area contributed by atoms with Gasteiger partial charge in [-0.15, -0.1) is 0 Å². The average molecular weight is 273 g/mol. The normalized spacial score (nSPS) is 12.3. The summed E-state index contributed by atoms with van der Waals surface area (Å²) in [6, 6.07) is 2.14. The summed E-state index contributed by atoms with van der Waals surface area (Å²) in [6.07, 6.45) is 23.4. The number of unbranched alkanes of at least 4 members (excludes halogenated alkanes) is 9. The molecule has 0 radical (unpaired) electrons. The van der Waals surface area contributed by atoms with E-state index >= 15 is 0 Å². The van der Waals surface area contributed by atoms with Gasteiger partial charge in [0.15, 0.2) is 0 Å². The standard InChI is InChI=1S/C19H31N/c1-3-5-6-7-8-9-10-11-12-13-14-15-16-17-19(4-2)18-20/h4,14-17H,3,5-13H2,1-2H3. The zero-order chi connectivity index (χ0) is 14.9. The van der Waals surface area contributed by atoms with Crippen molar-refractivity contribution >= 4 is 0 Å². The van der Waals surface area contributed by atoms with E-state index in [1.54, 1.807) is 0 Å². The molecule has 0 aliphatic carbocycles. The molecule has 0 aromatic heterocycles. The first-order valence-corrected chi connectivity index (χ1v) is 8.24. The van der Waals surface area contributed by atoms with E-state index in [1.807, 2.05) is 31.2 Å². The Morgan fingerprint density at radius 1 is 0.900 bits per heavy atom. The first-order valence-electron chi connectivity index (χ1n) is 8.24. The molecule has 0 N–H and O–H groups in total. The summed E-state index contributed by atoms with van der Waals surface area (Å²) in [5.74, 6) is 0. The molecule has 0 bridgehead atoms. The molecule has 0 saturated heterocycles. The van der Waals surface area contributed by atoms with Crippen LogP contribution in [0.2, 0.25) is 0 Å². The highest BCUT2D eigenvalue weighted by molar-refractivity contribution is 5.33.